The summed E-state index contributed by atoms with van der Waals surface area (Å²) in [6.07, 6.45) is 2.51. The van der Waals surface area contributed by atoms with Crippen LogP contribution in [0.2, 0.25) is 51.9 Å². The van der Waals surface area contributed by atoms with Crippen LogP contribution in [0.1, 0.15) is 26.7 Å². The normalized spacial score (nSPS) is 14.0. The summed E-state index contributed by atoms with van der Waals surface area (Å²) in [5.74, 6) is 0. The Balaban J connectivity index is 4.39. The van der Waals surface area contributed by atoms with Gasteiger partial charge < -0.3 is 13.1 Å². The summed E-state index contributed by atoms with van der Waals surface area (Å²) in [6, 6.07) is 1.12. The predicted octanol–water partition coefficient (Wildman–Crippen LogP) is 4.88. The molecular formula is C15H39NO2Si3. The van der Waals surface area contributed by atoms with Gasteiger partial charge in [0.2, 0.25) is 0 Å². The van der Waals surface area contributed by atoms with Crippen LogP contribution in [0, 0.1) is 0 Å². The van der Waals surface area contributed by atoms with Crippen molar-refractivity contribution in [1.29, 1.82) is 0 Å². The van der Waals surface area contributed by atoms with E-state index in [1.807, 2.05) is 0 Å². The molecule has 0 atom stereocenters. The maximum Gasteiger partial charge on any atom is 0.334 e. The van der Waals surface area contributed by atoms with Gasteiger partial charge in [-0.25, -0.2) is 0 Å². The Bertz CT molecular complexity index is 268. The fourth-order valence-corrected chi connectivity index (χ4v) is 15.4. The molecule has 0 amide bonds. The Labute approximate surface area is 136 Å². The first kappa shape index (κ1) is 21.5. The lowest BCUT2D eigenvalue weighted by Gasteiger charge is -2.43. The van der Waals surface area contributed by atoms with Crippen molar-refractivity contribution < 1.29 is 8.85 Å². The second-order valence-electron chi connectivity index (χ2n) is 7.95. The fraction of sp³-hybridized carbons (Fsp3) is 1.00. The Morgan fingerprint density at radius 2 is 1.14 bits per heavy atom. The van der Waals surface area contributed by atoms with Crippen molar-refractivity contribution >= 4 is 25.0 Å². The zero-order valence-electron chi connectivity index (χ0n) is 16.0. The Morgan fingerprint density at radius 1 is 0.714 bits per heavy atom. The van der Waals surface area contributed by atoms with Gasteiger partial charge in [0.05, 0.1) is 0 Å². The summed E-state index contributed by atoms with van der Waals surface area (Å²) in [4.78, 5) is 0. The average molecular weight is 350 g/mol. The molecule has 0 saturated carbocycles. The van der Waals surface area contributed by atoms with E-state index in [1.54, 1.807) is 0 Å². The van der Waals surface area contributed by atoms with Gasteiger partial charge in [-0.15, -0.1) is 0 Å². The molecule has 0 N–H and O–H groups in total. The standard InChI is InChI=1S/C15H39NO2Si3/c1-10-17-21(9,18-11-2)15-13-12-14-16(19(3,4)5)20(6,7)8/h10-15H2,1-9H3. The van der Waals surface area contributed by atoms with E-state index in [4.69, 9.17) is 8.85 Å². The van der Waals surface area contributed by atoms with Gasteiger partial charge in [-0.3, -0.25) is 0 Å². The number of unbranched alkanes of at least 4 members (excludes halogenated alkanes) is 1. The molecule has 0 spiro atoms. The smallest absolute Gasteiger partial charge is 0.334 e. The van der Waals surface area contributed by atoms with E-state index in [0.29, 0.717) is 0 Å². The van der Waals surface area contributed by atoms with Crippen molar-refractivity contribution in [3.05, 3.63) is 0 Å². The summed E-state index contributed by atoms with van der Waals surface area (Å²) in [6.45, 7) is 24.0. The van der Waals surface area contributed by atoms with Crippen LogP contribution in [0.4, 0.5) is 0 Å². The topological polar surface area (TPSA) is 21.7 Å². The van der Waals surface area contributed by atoms with Gasteiger partial charge >= 0.3 is 8.56 Å². The molecule has 0 unspecified atom stereocenters. The number of hydrogen-bond acceptors (Lipinski definition) is 3. The molecular weight excluding hydrogens is 310 g/mol. The molecule has 128 valence electrons. The van der Waals surface area contributed by atoms with Gasteiger partial charge in [0, 0.05) is 13.2 Å². The lowest BCUT2D eigenvalue weighted by atomic mass is 10.3. The van der Waals surface area contributed by atoms with Crippen LogP contribution >= 0.6 is 0 Å². The molecule has 3 nitrogen and oxygen atoms in total. The van der Waals surface area contributed by atoms with Crippen LogP contribution in [0.3, 0.4) is 0 Å². The summed E-state index contributed by atoms with van der Waals surface area (Å²) in [5.41, 5.74) is 0. The average Bonchev–Trinajstić information content (AvgIpc) is 2.25. The lowest BCUT2D eigenvalue weighted by Crippen LogP contribution is -2.59. The zero-order chi connectivity index (χ0) is 16.7. The second-order valence-corrected chi connectivity index (χ2v) is 21.5. The largest absolute Gasteiger partial charge is 0.395 e. The van der Waals surface area contributed by atoms with E-state index in [9.17, 15) is 0 Å². The number of rotatable bonds is 11. The summed E-state index contributed by atoms with van der Waals surface area (Å²) in [5, 5.41) is 0. The summed E-state index contributed by atoms with van der Waals surface area (Å²) < 4.78 is 14.7. The molecule has 0 aromatic heterocycles. The van der Waals surface area contributed by atoms with E-state index < -0.39 is 25.0 Å². The minimum Gasteiger partial charge on any atom is -0.395 e. The molecule has 0 heterocycles. The van der Waals surface area contributed by atoms with Crippen LogP contribution < -0.4 is 0 Å². The molecule has 0 aliphatic heterocycles. The van der Waals surface area contributed by atoms with Gasteiger partial charge in [-0.2, -0.15) is 0 Å². The van der Waals surface area contributed by atoms with Crippen molar-refractivity contribution in [3.8, 4) is 0 Å². The highest BCUT2D eigenvalue weighted by molar-refractivity contribution is 6.89. The Morgan fingerprint density at radius 3 is 1.48 bits per heavy atom. The molecule has 0 aliphatic rings. The molecule has 0 aliphatic carbocycles. The van der Waals surface area contributed by atoms with Crippen LogP contribution in [0.5, 0.6) is 0 Å². The van der Waals surface area contributed by atoms with Crippen molar-refractivity contribution in [1.82, 2.24) is 4.23 Å². The molecule has 0 fully saturated rings. The minimum absolute atomic E-state index is 0.776. The van der Waals surface area contributed by atoms with Crippen molar-refractivity contribution in [2.75, 3.05) is 19.8 Å². The van der Waals surface area contributed by atoms with Gasteiger partial charge in [-0.05, 0) is 39.4 Å². The van der Waals surface area contributed by atoms with Crippen LogP contribution in [0.25, 0.3) is 0 Å². The number of hydrogen-bond donors (Lipinski definition) is 0. The summed E-state index contributed by atoms with van der Waals surface area (Å²) in [7, 11) is -4.32. The van der Waals surface area contributed by atoms with Crippen LogP contribution in [-0.2, 0) is 8.85 Å². The van der Waals surface area contributed by atoms with Gasteiger partial charge in [0.25, 0.3) is 0 Å². The minimum atomic E-state index is -1.91. The first-order chi connectivity index (χ1) is 9.46. The molecule has 0 rings (SSSR count). The van der Waals surface area contributed by atoms with Crippen LogP contribution in [-0.4, -0.2) is 49.0 Å². The molecule has 0 saturated heterocycles. The zero-order valence-corrected chi connectivity index (χ0v) is 19.0. The Hall–Kier alpha value is 0.531. The molecule has 0 bridgehead atoms. The maximum absolute atomic E-state index is 5.93. The SMILES string of the molecule is CCO[Si](C)(CCCCN([Si](C)(C)C)[Si](C)(C)C)OCC. The first-order valence-corrected chi connectivity index (χ1v) is 17.9. The van der Waals surface area contributed by atoms with Crippen molar-refractivity contribution in [3.63, 3.8) is 0 Å². The molecule has 21 heavy (non-hydrogen) atoms. The molecule has 0 aromatic rings. The third-order valence-corrected chi connectivity index (χ3v) is 14.6. The van der Waals surface area contributed by atoms with Crippen molar-refractivity contribution in [2.24, 2.45) is 0 Å². The van der Waals surface area contributed by atoms with Crippen LogP contribution in [0.15, 0.2) is 0 Å². The third-order valence-electron chi connectivity index (χ3n) is 3.78. The van der Waals surface area contributed by atoms with E-state index >= 15 is 0 Å². The highest BCUT2D eigenvalue weighted by Crippen LogP contribution is 2.22. The van der Waals surface area contributed by atoms with E-state index in [2.05, 4.69) is 63.9 Å². The highest BCUT2D eigenvalue weighted by atomic mass is 28.4. The molecule has 6 heteroatoms. The Kier molecular flexibility index (Phi) is 9.21. The van der Waals surface area contributed by atoms with Gasteiger partial charge in [0.15, 0.2) is 0 Å². The fourth-order valence-electron chi connectivity index (χ4n) is 3.19. The van der Waals surface area contributed by atoms with Gasteiger partial charge in [0.1, 0.15) is 16.5 Å². The van der Waals surface area contributed by atoms with Gasteiger partial charge in [-0.1, -0.05) is 45.7 Å². The van der Waals surface area contributed by atoms with E-state index in [1.165, 1.54) is 19.4 Å². The maximum atomic E-state index is 5.93. The number of nitrogens with zero attached hydrogens (tertiary/aromatic N) is 1. The summed E-state index contributed by atoms with van der Waals surface area (Å²) >= 11 is 0. The van der Waals surface area contributed by atoms with Crippen molar-refractivity contribution in [2.45, 2.75) is 78.6 Å². The second kappa shape index (κ2) is 8.98. The molecule has 0 radical (unpaired) electrons. The first-order valence-electron chi connectivity index (χ1n) is 8.52. The molecule has 0 aromatic carbocycles. The van der Waals surface area contributed by atoms with E-state index in [-0.39, 0.29) is 0 Å². The lowest BCUT2D eigenvalue weighted by molar-refractivity contribution is 0.188. The monoisotopic (exact) mass is 349 g/mol. The third kappa shape index (κ3) is 8.66. The van der Waals surface area contributed by atoms with E-state index in [0.717, 1.165) is 19.3 Å². The predicted molar refractivity (Wildman–Crippen MR) is 102 cm³/mol. The quantitative estimate of drug-likeness (QED) is 0.392. The highest BCUT2D eigenvalue weighted by Gasteiger charge is 2.34.